The summed E-state index contributed by atoms with van der Waals surface area (Å²) in [6, 6.07) is 10.2. The Balaban J connectivity index is 2.09. The lowest BCUT2D eigenvalue weighted by Crippen LogP contribution is -2.24. The SMILES string of the molecule is CCCCNC(=O)c1ccnc(Nc2cccc(C(=O)OC)c2)c1. The van der Waals surface area contributed by atoms with Gasteiger partial charge in [0.15, 0.2) is 0 Å². The number of aromatic nitrogens is 1. The van der Waals surface area contributed by atoms with Crippen molar-refractivity contribution in [3.05, 3.63) is 53.7 Å². The van der Waals surface area contributed by atoms with E-state index in [1.54, 1.807) is 36.5 Å². The van der Waals surface area contributed by atoms with Gasteiger partial charge in [0.25, 0.3) is 5.91 Å². The van der Waals surface area contributed by atoms with Crippen molar-refractivity contribution in [3.63, 3.8) is 0 Å². The predicted molar refractivity (Wildman–Crippen MR) is 92.5 cm³/mol. The van der Waals surface area contributed by atoms with Crippen LogP contribution in [0.15, 0.2) is 42.6 Å². The molecule has 0 radical (unpaired) electrons. The lowest BCUT2D eigenvalue weighted by Gasteiger charge is -2.09. The minimum absolute atomic E-state index is 0.128. The van der Waals surface area contributed by atoms with Crippen molar-refractivity contribution in [2.45, 2.75) is 19.8 Å². The van der Waals surface area contributed by atoms with Gasteiger partial charge in [-0.25, -0.2) is 9.78 Å². The number of rotatable bonds is 7. The first-order chi connectivity index (χ1) is 11.6. The number of carbonyl (C=O) groups excluding carboxylic acids is 2. The number of hydrogen-bond donors (Lipinski definition) is 2. The topological polar surface area (TPSA) is 80.3 Å². The number of hydrogen-bond acceptors (Lipinski definition) is 5. The van der Waals surface area contributed by atoms with Crippen LogP contribution in [0, 0.1) is 0 Å². The van der Waals surface area contributed by atoms with Crippen molar-refractivity contribution in [2.24, 2.45) is 0 Å². The second kappa shape index (κ2) is 8.67. The van der Waals surface area contributed by atoms with Crippen LogP contribution in [0.3, 0.4) is 0 Å². The first-order valence-electron chi connectivity index (χ1n) is 7.83. The van der Waals surface area contributed by atoms with Crippen molar-refractivity contribution in [1.29, 1.82) is 0 Å². The van der Waals surface area contributed by atoms with Crippen molar-refractivity contribution >= 4 is 23.4 Å². The molecular weight excluding hydrogens is 306 g/mol. The van der Waals surface area contributed by atoms with Crippen LogP contribution < -0.4 is 10.6 Å². The Morgan fingerprint density at radius 2 is 2.00 bits per heavy atom. The van der Waals surface area contributed by atoms with E-state index >= 15 is 0 Å². The summed E-state index contributed by atoms with van der Waals surface area (Å²) < 4.78 is 4.70. The number of esters is 1. The summed E-state index contributed by atoms with van der Waals surface area (Å²) in [5.74, 6) is -0.00645. The van der Waals surface area contributed by atoms with Crippen LogP contribution in [0.2, 0.25) is 0 Å². The summed E-state index contributed by atoms with van der Waals surface area (Å²) >= 11 is 0. The van der Waals surface area contributed by atoms with Gasteiger partial charge < -0.3 is 15.4 Å². The summed E-state index contributed by atoms with van der Waals surface area (Å²) in [6.45, 7) is 2.73. The molecule has 1 aromatic carbocycles. The largest absolute Gasteiger partial charge is 0.465 e. The highest BCUT2D eigenvalue weighted by molar-refractivity contribution is 5.95. The van der Waals surface area contributed by atoms with Crippen LogP contribution in [0.4, 0.5) is 11.5 Å². The van der Waals surface area contributed by atoms with Gasteiger partial charge in [-0.1, -0.05) is 19.4 Å². The molecule has 0 saturated carbocycles. The number of nitrogens with zero attached hydrogens (tertiary/aromatic N) is 1. The third-order valence-corrected chi connectivity index (χ3v) is 3.39. The molecule has 6 nitrogen and oxygen atoms in total. The number of methoxy groups -OCH3 is 1. The Bertz CT molecular complexity index is 716. The van der Waals surface area contributed by atoms with Gasteiger partial charge in [0.05, 0.1) is 12.7 Å². The molecule has 0 aliphatic carbocycles. The van der Waals surface area contributed by atoms with Crippen molar-refractivity contribution in [1.82, 2.24) is 10.3 Å². The van der Waals surface area contributed by atoms with E-state index in [1.165, 1.54) is 7.11 Å². The Morgan fingerprint density at radius 1 is 1.17 bits per heavy atom. The van der Waals surface area contributed by atoms with E-state index in [0.29, 0.717) is 29.2 Å². The predicted octanol–water partition coefficient (Wildman–Crippen LogP) is 3.14. The highest BCUT2D eigenvalue weighted by Gasteiger charge is 2.08. The van der Waals surface area contributed by atoms with Gasteiger partial charge in [0, 0.05) is 24.0 Å². The van der Waals surface area contributed by atoms with Gasteiger partial charge in [-0.05, 0) is 36.8 Å². The lowest BCUT2D eigenvalue weighted by atomic mass is 10.2. The molecule has 0 aliphatic rings. The molecule has 126 valence electrons. The standard InChI is InChI=1S/C18H21N3O3/c1-3-4-9-20-17(22)13-8-10-19-16(12-13)21-15-7-5-6-14(11-15)18(23)24-2/h5-8,10-12H,3-4,9H2,1-2H3,(H,19,21)(H,20,22). The summed E-state index contributed by atoms with van der Waals surface area (Å²) in [5, 5.41) is 5.95. The first-order valence-corrected chi connectivity index (χ1v) is 7.83. The molecule has 1 amide bonds. The molecule has 0 bridgehead atoms. The molecule has 6 heteroatoms. The lowest BCUT2D eigenvalue weighted by molar-refractivity contribution is 0.0600. The molecule has 1 heterocycles. The minimum Gasteiger partial charge on any atom is -0.465 e. The highest BCUT2D eigenvalue weighted by Crippen LogP contribution is 2.17. The molecule has 0 aliphatic heterocycles. The zero-order valence-corrected chi connectivity index (χ0v) is 13.8. The average molecular weight is 327 g/mol. The highest BCUT2D eigenvalue weighted by atomic mass is 16.5. The zero-order chi connectivity index (χ0) is 17.4. The van der Waals surface area contributed by atoms with Crippen LogP contribution in [-0.2, 0) is 4.74 Å². The molecule has 24 heavy (non-hydrogen) atoms. The van der Waals surface area contributed by atoms with Crippen LogP contribution in [0.1, 0.15) is 40.5 Å². The molecule has 0 saturated heterocycles. The van der Waals surface area contributed by atoms with E-state index in [-0.39, 0.29) is 5.91 Å². The van der Waals surface area contributed by atoms with Gasteiger partial charge in [0.2, 0.25) is 0 Å². The third kappa shape index (κ3) is 4.81. The van der Waals surface area contributed by atoms with Crippen molar-refractivity contribution in [2.75, 3.05) is 19.0 Å². The van der Waals surface area contributed by atoms with E-state index in [2.05, 4.69) is 22.5 Å². The van der Waals surface area contributed by atoms with E-state index < -0.39 is 5.97 Å². The Labute approximate surface area is 141 Å². The fraction of sp³-hybridized carbons (Fsp3) is 0.278. The van der Waals surface area contributed by atoms with Gasteiger partial charge in [-0.3, -0.25) is 4.79 Å². The normalized spacial score (nSPS) is 10.1. The second-order valence-corrected chi connectivity index (χ2v) is 5.24. The number of nitrogens with one attached hydrogen (secondary N) is 2. The molecule has 1 aromatic heterocycles. The average Bonchev–Trinajstić information content (AvgIpc) is 2.61. The van der Waals surface area contributed by atoms with E-state index in [9.17, 15) is 9.59 Å². The second-order valence-electron chi connectivity index (χ2n) is 5.24. The summed E-state index contributed by atoms with van der Waals surface area (Å²) in [5.41, 5.74) is 1.66. The fourth-order valence-electron chi connectivity index (χ4n) is 2.11. The van der Waals surface area contributed by atoms with Gasteiger partial charge in [-0.15, -0.1) is 0 Å². The van der Waals surface area contributed by atoms with E-state index in [0.717, 1.165) is 12.8 Å². The number of benzene rings is 1. The maximum atomic E-state index is 12.1. The summed E-state index contributed by atoms with van der Waals surface area (Å²) in [6.07, 6.45) is 3.55. The number of carbonyl (C=O) groups is 2. The van der Waals surface area contributed by atoms with Crippen LogP contribution in [0.5, 0.6) is 0 Å². The molecule has 0 fully saturated rings. The van der Waals surface area contributed by atoms with Crippen LogP contribution in [-0.4, -0.2) is 30.5 Å². The smallest absolute Gasteiger partial charge is 0.337 e. The van der Waals surface area contributed by atoms with Gasteiger partial charge in [0.1, 0.15) is 5.82 Å². The van der Waals surface area contributed by atoms with Crippen LogP contribution >= 0.6 is 0 Å². The van der Waals surface area contributed by atoms with Crippen molar-refractivity contribution in [3.8, 4) is 0 Å². The molecule has 2 aromatic rings. The molecule has 0 spiro atoms. The first kappa shape index (κ1) is 17.5. The zero-order valence-electron chi connectivity index (χ0n) is 13.8. The molecule has 2 rings (SSSR count). The molecule has 0 atom stereocenters. The van der Waals surface area contributed by atoms with E-state index in [4.69, 9.17) is 4.74 Å². The number of pyridine rings is 1. The Hall–Kier alpha value is -2.89. The molecular formula is C18H21N3O3. The molecule has 2 N–H and O–H groups in total. The fourth-order valence-corrected chi connectivity index (χ4v) is 2.11. The monoisotopic (exact) mass is 327 g/mol. The maximum Gasteiger partial charge on any atom is 0.337 e. The Morgan fingerprint density at radius 3 is 2.75 bits per heavy atom. The number of ether oxygens (including phenoxy) is 1. The summed E-state index contributed by atoms with van der Waals surface area (Å²) in [7, 11) is 1.34. The van der Waals surface area contributed by atoms with Crippen LogP contribution in [0.25, 0.3) is 0 Å². The number of unbranched alkanes of at least 4 members (excludes halogenated alkanes) is 1. The van der Waals surface area contributed by atoms with E-state index in [1.807, 2.05) is 6.07 Å². The maximum absolute atomic E-state index is 12.1. The quantitative estimate of drug-likeness (QED) is 0.603. The molecule has 0 unspecified atom stereocenters. The third-order valence-electron chi connectivity index (χ3n) is 3.39. The van der Waals surface area contributed by atoms with Crippen molar-refractivity contribution < 1.29 is 14.3 Å². The minimum atomic E-state index is -0.407. The van der Waals surface area contributed by atoms with Gasteiger partial charge in [-0.2, -0.15) is 0 Å². The Kier molecular flexibility index (Phi) is 6.31. The number of amides is 1. The van der Waals surface area contributed by atoms with Gasteiger partial charge >= 0.3 is 5.97 Å². The number of anilines is 2. The summed E-state index contributed by atoms with van der Waals surface area (Å²) in [4.78, 5) is 27.8.